The van der Waals surface area contributed by atoms with Crippen LogP contribution in [0.3, 0.4) is 0 Å². The summed E-state index contributed by atoms with van der Waals surface area (Å²) >= 11 is 0. The topological polar surface area (TPSA) is 76.1 Å². The molecule has 0 radical (unpaired) electrons. The minimum atomic E-state index is 0.185. The van der Waals surface area contributed by atoms with Crippen molar-refractivity contribution in [3.63, 3.8) is 0 Å². The molecule has 1 aliphatic rings. The molecular weight excluding hydrogens is 282 g/mol. The highest BCUT2D eigenvalue weighted by molar-refractivity contribution is 4.93. The van der Waals surface area contributed by atoms with Crippen LogP contribution in [0.5, 0.6) is 0 Å². The van der Waals surface area contributed by atoms with Crippen LogP contribution in [0, 0.1) is 0 Å². The van der Waals surface area contributed by atoms with E-state index in [1.54, 1.807) is 12.7 Å². The van der Waals surface area contributed by atoms with E-state index in [2.05, 4.69) is 36.9 Å². The summed E-state index contributed by atoms with van der Waals surface area (Å²) in [5.74, 6) is 1.52. The number of nitrogens with zero attached hydrogens (tertiary/aromatic N) is 7. The molecule has 8 nitrogen and oxygen atoms in total. The number of hydrogen-bond acceptors (Lipinski definition) is 7. The first kappa shape index (κ1) is 15.1. The van der Waals surface area contributed by atoms with Gasteiger partial charge < -0.3 is 4.52 Å². The van der Waals surface area contributed by atoms with E-state index < -0.39 is 0 Å². The molecule has 1 atom stereocenters. The number of hydrogen-bond donors (Lipinski definition) is 0. The predicted molar refractivity (Wildman–Crippen MR) is 80.1 cm³/mol. The standard InChI is InChI=1S/C14H23N7O/c1-3-13-17-14(22-18-13)12(2)20-7-4-19(5-8-20)6-9-21-11-15-10-16-21/h10-12H,3-9H2,1-2H3/t12-/m0/s1. The Hall–Kier alpha value is -1.80. The Morgan fingerprint density at radius 3 is 2.68 bits per heavy atom. The van der Waals surface area contributed by atoms with Crippen LogP contribution in [0.2, 0.25) is 0 Å². The van der Waals surface area contributed by atoms with Gasteiger partial charge in [0.25, 0.3) is 0 Å². The lowest BCUT2D eigenvalue weighted by Crippen LogP contribution is -2.47. The van der Waals surface area contributed by atoms with Crippen LogP contribution in [0.15, 0.2) is 17.2 Å². The molecule has 120 valence electrons. The molecule has 0 bridgehead atoms. The Morgan fingerprint density at radius 1 is 1.23 bits per heavy atom. The van der Waals surface area contributed by atoms with E-state index in [1.807, 2.05) is 11.6 Å². The summed E-state index contributed by atoms with van der Waals surface area (Å²) in [6.45, 7) is 10.2. The molecule has 0 unspecified atom stereocenters. The Kier molecular flexibility index (Phi) is 4.79. The molecule has 1 fully saturated rings. The first-order valence-corrected chi connectivity index (χ1v) is 7.87. The molecular formula is C14H23N7O. The smallest absolute Gasteiger partial charge is 0.243 e. The van der Waals surface area contributed by atoms with Crippen molar-refractivity contribution in [2.24, 2.45) is 0 Å². The zero-order valence-electron chi connectivity index (χ0n) is 13.2. The van der Waals surface area contributed by atoms with Gasteiger partial charge in [-0.15, -0.1) is 0 Å². The quantitative estimate of drug-likeness (QED) is 0.773. The van der Waals surface area contributed by atoms with Crippen LogP contribution in [-0.4, -0.2) is 67.4 Å². The summed E-state index contributed by atoms with van der Waals surface area (Å²) in [6, 6.07) is 0.185. The lowest BCUT2D eigenvalue weighted by molar-refractivity contribution is 0.0858. The molecule has 1 saturated heterocycles. The minimum Gasteiger partial charge on any atom is -0.338 e. The molecule has 0 aromatic carbocycles. The molecule has 3 rings (SSSR count). The Labute approximate surface area is 130 Å². The van der Waals surface area contributed by atoms with E-state index in [-0.39, 0.29) is 6.04 Å². The molecule has 0 N–H and O–H groups in total. The maximum atomic E-state index is 5.36. The maximum absolute atomic E-state index is 5.36. The number of aryl methyl sites for hydroxylation is 1. The van der Waals surface area contributed by atoms with E-state index in [0.717, 1.165) is 57.4 Å². The van der Waals surface area contributed by atoms with Crippen LogP contribution in [0.4, 0.5) is 0 Å². The second-order valence-electron chi connectivity index (χ2n) is 5.61. The van der Waals surface area contributed by atoms with Crippen molar-refractivity contribution in [3.05, 3.63) is 24.4 Å². The molecule has 0 amide bonds. The number of piperazine rings is 1. The van der Waals surface area contributed by atoms with Crippen molar-refractivity contribution >= 4 is 0 Å². The van der Waals surface area contributed by atoms with Gasteiger partial charge in [-0.1, -0.05) is 12.1 Å². The summed E-state index contributed by atoms with van der Waals surface area (Å²) in [4.78, 5) is 13.3. The van der Waals surface area contributed by atoms with Crippen molar-refractivity contribution in [1.82, 2.24) is 34.7 Å². The van der Waals surface area contributed by atoms with Gasteiger partial charge in [-0.3, -0.25) is 14.5 Å². The van der Waals surface area contributed by atoms with Crippen molar-refractivity contribution in [3.8, 4) is 0 Å². The first-order valence-electron chi connectivity index (χ1n) is 7.87. The fourth-order valence-corrected chi connectivity index (χ4v) is 2.70. The highest BCUT2D eigenvalue weighted by atomic mass is 16.5. The summed E-state index contributed by atoms with van der Waals surface area (Å²) < 4.78 is 7.23. The average Bonchev–Trinajstić information content (AvgIpc) is 3.24. The van der Waals surface area contributed by atoms with Gasteiger partial charge in [0, 0.05) is 39.1 Å². The second kappa shape index (κ2) is 6.97. The van der Waals surface area contributed by atoms with Crippen LogP contribution in [0.1, 0.15) is 31.6 Å². The summed E-state index contributed by atoms with van der Waals surface area (Å²) in [5.41, 5.74) is 0. The monoisotopic (exact) mass is 305 g/mol. The van der Waals surface area contributed by atoms with Crippen molar-refractivity contribution in [1.29, 1.82) is 0 Å². The fraction of sp³-hybridized carbons (Fsp3) is 0.714. The largest absolute Gasteiger partial charge is 0.338 e. The maximum Gasteiger partial charge on any atom is 0.243 e. The second-order valence-corrected chi connectivity index (χ2v) is 5.61. The summed E-state index contributed by atoms with van der Waals surface area (Å²) in [6.07, 6.45) is 4.15. The van der Waals surface area contributed by atoms with Crippen molar-refractivity contribution < 1.29 is 4.52 Å². The predicted octanol–water partition coefficient (Wildman–Crippen LogP) is 0.602. The molecule has 3 heterocycles. The molecule has 22 heavy (non-hydrogen) atoms. The van der Waals surface area contributed by atoms with Gasteiger partial charge in [0.15, 0.2) is 5.82 Å². The Bertz CT molecular complexity index is 560. The SMILES string of the molecule is CCc1noc([C@H](C)N2CCN(CCn3cncn3)CC2)n1. The Morgan fingerprint density at radius 2 is 2.05 bits per heavy atom. The minimum absolute atomic E-state index is 0.185. The van der Waals surface area contributed by atoms with E-state index >= 15 is 0 Å². The lowest BCUT2D eigenvalue weighted by atomic mass is 10.2. The molecule has 2 aromatic rings. The summed E-state index contributed by atoms with van der Waals surface area (Å²) in [5, 5.41) is 8.12. The van der Waals surface area contributed by atoms with Crippen LogP contribution >= 0.6 is 0 Å². The number of aromatic nitrogens is 5. The van der Waals surface area contributed by atoms with Crippen molar-refractivity contribution in [2.75, 3.05) is 32.7 Å². The average molecular weight is 305 g/mol. The molecule has 0 spiro atoms. The van der Waals surface area contributed by atoms with Crippen LogP contribution in [0.25, 0.3) is 0 Å². The van der Waals surface area contributed by atoms with Gasteiger partial charge in [-0.2, -0.15) is 10.1 Å². The summed E-state index contributed by atoms with van der Waals surface area (Å²) in [7, 11) is 0. The van der Waals surface area contributed by atoms with E-state index in [4.69, 9.17) is 4.52 Å². The lowest BCUT2D eigenvalue weighted by Gasteiger charge is -2.36. The third kappa shape index (κ3) is 3.50. The van der Waals surface area contributed by atoms with Gasteiger partial charge in [-0.25, -0.2) is 4.98 Å². The molecule has 0 aliphatic carbocycles. The van der Waals surface area contributed by atoms with Gasteiger partial charge >= 0.3 is 0 Å². The first-order chi connectivity index (χ1) is 10.8. The third-order valence-electron chi connectivity index (χ3n) is 4.22. The zero-order valence-corrected chi connectivity index (χ0v) is 13.2. The van der Waals surface area contributed by atoms with Gasteiger partial charge in [-0.05, 0) is 6.92 Å². The highest BCUT2D eigenvalue weighted by Crippen LogP contribution is 2.20. The molecule has 2 aromatic heterocycles. The van der Waals surface area contributed by atoms with Crippen LogP contribution < -0.4 is 0 Å². The van der Waals surface area contributed by atoms with E-state index in [0.29, 0.717) is 0 Å². The number of rotatable bonds is 6. The van der Waals surface area contributed by atoms with E-state index in [1.165, 1.54) is 0 Å². The van der Waals surface area contributed by atoms with Gasteiger partial charge in [0.05, 0.1) is 12.6 Å². The van der Waals surface area contributed by atoms with Crippen LogP contribution in [-0.2, 0) is 13.0 Å². The van der Waals surface area contributed by atoms with Crippen molar-refractivity contribution in [2.45, 2.75) is 32.9 Å². The highest BCUT2D eigenvalue weighted by Gasteiger charge is 2.25. The Balaban J connectivity index is 1.46. The molecule has 8 heteroatoms. The van der Waals surface area contributed by atoms with Gasteiger partial charge in [0.2, 0.25) is 5.89 Å². The molecule has 1 aliphatic heterocycles. The normalized spacial score (nSPS) is 18.6. The fourth-order valence-electron chi connectivity index (χ4n) is 2.70. The third-order valence-corrected chi connectivity index (χ3v) is 4.22. The zero-order chi connectivity index (χ0) is 15.4. The van der Waals surface area contributed by atoms with E-state index in [9.17, 15) is 0 Å². The molecule has 0 saturated carbocycles. The van der Waals surface area contributed by atoms with Gasteiger partial charge in [0.1, 0.15) is 12.7 Å².